The van der Waals surface area contributed by atoms with E-state index in [2.05, 4.69) is 144 Å². The molecule has 0 amide bonds. The molecule has 0 aliphatic carbocycles. The van der Waals surface area contributed by atoms with Crippen LogP contribution in [0.2, 0.25) is 0 Å². The smallest absolute Gasteiger partial charge is 0.161 e. The molecule has 6 aromatic carbocycles. The zero-order valence-electron chi connectivity index (χ0n) is 26.7. The third kappa shape index (κ3) is 5.02. The number of para-hydroxylation sites is 1. The van der Waals surface area contributed by atoms with Gasteiger partial charge in [0, 0.05) is 53.8 Å². The number of benzene rings is 6. The minimum atomic E-state index is -0.652. The Hall–Kier alpha value is -5.57. The number of rotatable bonds is 5. The molecular formula is C44H27IN4S. The van der Waals surface area contributed by atoms with Crippen LogP contribution in [0, 0.1) is 0 Å². The standard InChI is InChI=1S/C44H27IN4S/c1-3-11-28(12-4-1)42-45-43(48-44(47-42)29-13-5-2-6-14-29)32-23-24-46-41(27-32)49-37-17-9-7-15-33(37)34-21-19-31(26-38(34)49)30-20-22-40-36(25-30)35-16-8-10-18-39(35)50-40/h1-27H. The maximum absolute atomic E-state index is 5.20. The molecule has 0 unspecified atom stereocenters. The van der Waals surface area contributed by atoms with Gasteiger partial charge in [0.2, 0.25) is 0 Å². The zero-order chi connectivity index (χ0) is 33.0. The van der Waals surface area contributed by atoms with Gasteiger partial charge in [0.05, 0.1) is 11.0 Å². The minimum Gasteiger partial charge on any atom is -0.294 e. The molecule has 4 nitrogen and oxygen atoms in total. The highest BCUT2D eigenvalue weighted by molar-refractivity contribution is 14.2. The Morgan fingerprint density at radius 1 is 0.460 bits per heavy atom. The van der Waals surface area contributed by atoms with E-state index in [9.17, 15) is 0 Å². The van der Waals surface area contributed by atoms with E-state index in [0.29, 0.717) is 0 Å². The fraction of sp³-hybridized carbons (Fsp3) is 0. The van der Waals surface area contributed by atoms with Crippen molar-refractivity contribution in [2.75, 3.05) is 0 Å². The lowest BCUT2D eigenvalue weighted by Crippen LogP contribution is -2.12. The highest BCUT2D eigenvalue weighted by Gasteiger charge is 2.19. The molecule has 0 bridgehead atoms. The van der Waals surface area contributed by atoms with Gasteiger partial charge in [0.25, 0.3) is 0 Å². The molecule has 0 radical (unpaired) electrons. The van der Waals surface area contributed by atoms with Gasteiger partial charge in [-0.25, -0.2) is 15.0 Å². The summed E-state index contributed by atoms with van der Waals surface area (Å²) >= 11 is 1.20. The highest BCUT2D eigenvalue weighted by atomic mass is 127. The van der Waals surface area contributed by atoms with Crippen LogP contribution in [0.3, 0.4) is 0 Å². The number of hydrogen-bond acceptors (Lipinski definition) is 4. The van der Waals surface area contributed by atoms with Crippen molar-refractivity contribution in [2.24, 2.45) is 9.98 Å². The predicted molar refractivity (Wildman–Crippen MR) is 221 cm³/mol. The number of aliphatic imine (C=N–C) groups is 2. The number of nitrogens with zero attached hydrogens (tertiary/aromatic N) is 4. The quantitative estimate of drug-likeness (QED) is 0.161. The van der Waals surface area contributed by atoms with E-state index in [1.165, 1.54) is 42.1 Å². The van der Waals surface area contributed by atoms with E-state index >= 15 is 0 Å². The number of amidine groups is 1. The summed E-state index contributed by atoms with van der Waals surface area (Å²) in [5.74, 6) is 1.63. The zero-order valence-corrected chi connectivity index (χ0v) is 29.6. The van der Waals surface area contributed by atoms with E-state index in [-0.39, 0.29) is 0 Å². The molecule has 0 spiro atoms. The van der Waals surface area contributed by atoms with Gasteiger partial charge < -0.3 is 0 Å². The normalized spacial score (nSPS) is 13.3. The van der Waals surface area contributed by atoms with Crippen LogP contribution >= 0.6 is 32.1 Å². The van der Waals surface area contributed by atoms with Gasteiger partial charge in [-0.15, -0.1) is 11.3 Å². The molecule has 3 aromatic heterocycles. The van der Waals surface area contributed by atoms with Crippen molar-refractivity contribution in [3.63, 3.8) is 0 Å². The van der Waals surface area contributed by atoms with Gasteiger partial charge in [-0.05, 0) is 74.3 Å². The fourth-order valence-electron chi connectivity index (χ4n) is 6.84. The summed E-state index contributed by atoms with van der Waals surface area (Å²) in [6.07, 6.45) is 1.92. The van der Waals surface area contributed by atoms with Crippen LogP contribution in [0.4, 0.5) is 0 Å². The molecule has 0 N–H and O–H groups in total. The second-order valence-corrected chi connectivity index (χ2v) is 15.9. The first-order valence-electron chi connectivity index (χ1n) is 16.5. The van der Waals surface area contributed by atoms with Crippen LogP contribution in [0.1, 0.15) is 16.7 Å². The maximum Gasteiger partial charge on any atom is 0.161 e. The van der Waals surface area contributed by atoms with Crippen molar-refractivity contribution in [3.05, 3.63) is 181 Å². The van der Waals surface area contributed by atoms with Crippen molar-refractivity contribution in [3.8, 4) is 16.9 Å². The van der Waals surface area contributed by atoms with Gasteiger partial charge >= 0.3 is 0 Å². The van der Waals surface area contributed by atoms with Crippen molar-refractivity contribution >= 4 is 87.2 Å². The highest BCUT2D eigenvalue weighted by Crippen LogP contribution is 2.39. The van der Waals surface area contributed by atoms with Crippen molar-refractivity contribution in [1.29, 1.82) is 0 Å². The summed E-state index contributed by atoms with van der Waals surface area (Å²) in [5, 5.41) is 5.03. The summed E-state index contributed by atoms with van der Waals surface area (Å²) in [7, 11) is 0. The van der Waals surface area contributed by atoms with Crippen LogP contribution in [0.15, 0.2) is 174 Å². The molecule has 6 heteroatoms. The lowest BCUT2D eigenvalue weighted by Gasteiger charge is -2.14. The molecule has 0 saturated heterocycles. The Kier molecular flexibility index (Phi) is 7.10. The Labute approximate surface area is 302 Å². The summed E-state index contributed by atoms with van der Waals surface area (Å²) in [6, 6.07) is 56.1. The topological polar surface area (TPSA) is 42.5 Å². The monoisotopic (exact) mass is 770 g/mol. The van der Waals surface area contributed by atoms with Crippen LogP contribution in [0.25, 0.3) is 58.9 Å². The van der Waals surface area contributed by atoms with Crippen LogP contribution in [-0.4, -0.2) is 22.7 Å². The Balaban J connectivity index is 1.13. The second kappa shape index (κ2) is 12.1. The number of thiophene rings is 1. The molecule has 9 aromatic rings. The summed E-state index contributed by atoms with van der Waals surface area (Å²) in [5.41, 5.74) is 7.90. The molecule has 4 heterocycles. The number of halogens is 1. The van der Waals surface area contributed by atoms with E-state index < -0.39 is 20.7 Å². The van der Waals surface area contributed by atoms with Gasteiger partial charge in [-0.2, -0.15) is 0 Å². The van der Waals surface area contributed by atoms with Crippen molar-refractivity contribution in [1.82, 2.24) is 9.55 Å². The lowest BCUT2D eigenvalue weighted by atomic mass is 10.0. The summed E-state index contributed by atoms with van der Waals surface area (Å²) in [6.45, 7) is 0. The number of aromatic nitrogens is 2. The SMILES string of the molecule is c1ccc(C2=NC(c3ccccc3)=IC(c3ccnc(-n4c5ccccc5c5ccc(-c6ccc7sc8ccccc8c7c6)cc54)c3)=N2)cc1. The lowest BCUT2D eigenvalue weighted by molar-refractivity contribution is 1.08. The van der Waals surface area contributed by atoms with Gasteiger partial charge in [0.15, 0.2) is 5.84 Å². The van der Waals surface area contributed by atoms with Gasteiger partial charge in [-0.3, -0.25) is 4.57 Å². The Morgan fingerprint density at radius 2 is 1.14 bits per heavy atom. The molecule has 1 aliphatic rings. The first-order valence-corrected chi connectivity index (χ1v) is 19.5. The first-order chi connectivity index (χ1) is 24.8. The molecule has 236 valence electrons. The number of fused-ring (bicyclic) bond motifs is 6. The number of hydrogen-bond donors (Lipinski definition) is 0. The van der Waals surface area contributed by atoms with Crippen molar-refractivity contribution < 1.29 is 0 Å². The molecule has 10 rings (SSSR count). The summed E-state index contributed by atoms with van der Waals surface area (Å²) in [4.78, 5) is 15.3. The summed E-state index contributed by atoms with van der Waals surface area (Å²) < 4.78 is 7.14. The van der Waals surface area contributed by atoms with E-state index in [1.54, 1.807) is 0 Å². The van der Waals surface area contributed by atoms with E-state index in [0.717, 1.165) is 46.7 Å². The Bertz CT molecular complexity index is 2820. The van der Waals surface area contributed by atoms with Gasteiger partial charge in [0.1, 0.15) is 13.2 Å². The average molecular weight is 771 g/mol. The predicted octanol–water partition coefficient (Wildman–Crippen LogP) is 11.6. The van der Waals surface area contributed by atoms with Gasteiger partial charge in [-0.1, -0.05) is 115 Å². The fourth-order valence-corrected chi connectivity index (χ4v) is 10.4. The van der Waals surface area contributed by atoms with Crippen LogP contribution in [0.5, 0.6) is 0 Å². The first kappa shape index (κ1) is 29.4. The van der Waals surface area contributed by atoms with Crippen molar-refractivity contribution in [2.45, 2.75) is 0 Å². The second-order valence-electron chi connectivity index (χ2n) is 12.3. The molecule has 1 aliphatic heterocycles. The van der Waals surface area contributed by atoms with E-state index in [1.807, 2.05) is 35.7 Å². The largest absolute Gasteiger partial charge is 0.294 e. The molecule has 50 heavy (non-hydrogen) atoms. The molecule has 0 fully saturated rings. The van der Waals surface area contributed by atoms with E-state index in [4.69, 9.17) is 15.0 Å². The Morgan fingerprint density at radius 3 is 2.00 bits per heavy atom. The van der Waals surface area contributed by atoms with Crippen LogP contribution < -0.4 is 0 Å². The average Bonchev–Trinajstić information content (AvgIpc) is 3.73. The minimum absolute atomic E-state index is 0.652. The number of pyridine rings is 1. The third-order valence-electron chi connectivity index (χ3n) is 9.23. The molecular weight excluding hydrogens is 743 g/mol. The maximum atomic E-state index is 5.20. The third-order valence-corrected chi connectivity index (χ3v) is 13.1. The molecule has 0 saturated carbocycles. The van der Waals surface area contributed by atoms with Crippen LogP contribution in [-0.2, 0) is 0 Å². The molecule has 0 atom stereocenters.